The predicted octanol–water partition coefficient (Wildman–Crippen LogP) is 4.70. The smallest absolute Gasteiger partial charge is 0.251 e. The third kappa shape index (κ3) is 4.20. The first kappa shape index (κ1) is 19.7. The minimum Gasteiger partial charge on any atom is -0.370 e. The molecule has 0 fully saturated rings. The lowest BCUT2D eigenvalue weighted by Gasteiger charge is -2.21. The molecule has 0 aromatic heterocycles. The van der Waals surface area contributed by atoms with Gasteiger partial charge in [-0.3, -0.25) is 9.59 Å². The van der Waals surface area contributed by atoms with Crippen molar-refractivity contribution in [1.82, 2.24) is 0 Å². The highest BCUT2D eigenvalue weighted by molar-refractivity contribution is 5.98. The highest BCUT2D eigenvalue weighted by Crippen LogP contribution is 2.32. The lowest BCUT2D eigenvalue weighted by atomic mass is 10.0. The minimum atomic E-state index is -0.545. The zero-order chi connectivity index (χ0) is 21.1. The molecule has 3 aromatic rings. The average Bonchev–Trinajstić information content (AvgIpc) is 3.18. The molecule has 5 nitrogen and oxygen atoms in total. The molecule has 0 spiro atoms. The number of hydrogen-bond donors (Lipinski definition) is 2. The number of carbonyl (C=O) groups is 2. The maximum atomic E-state index is 13.2. The van der Waals surface area contributed by atoms with Gasteiger partial charge in [0.1, 0.15) is 6.04 Å². The molecule has 0 aliphatic carbocycles. The van der Waals surface area contributed by atoms with Crippen LogP contribution in [0.5, 0.6) is 0 Å². The molecule has 0 radical (unpaired) electrons. The van der Waals surface area contributed by atoms with Gasteiger partial charge in [-0.1, -0.05) is 48.0 Å². The van der Waals surface area contributed by atoms with Crippen LogP contribution < -0.4 is 15.5 Å². The van der Waals surface area contributed by atoms with Crippen LogP contribution in [0.2, 0.25) is 0 Å². The number of benzene rings is 3. The Bertz CT molecular complexity index is 1060. The first-order chi connectivity index (χ1) is 14.5. The molecule has 1 unspecified atom stereocenters. The Morgan fingerprint density at radius 1 is 0.933 bits per heavy atom. The SMILES string of the molecule is CC(=O)N1CCc2cc(NC(C(=O)Nc3ccc(C)cc3)c3ccccc3)ccc21. The van der Waals surface area contributed by atoms with E-state index in [0.717, 1.165) is 40.2 Å². The molecule has 1 aliphatic heterocycles. The molecule has 2 N–H and O–H groups in total. The Labute approximate surface area is 176 Å². The van der Waals surface area contributed by atoms with Crippen LogP contribution in [0.3, 0.4) is 0 Å². The van der Waals surface area contributed by atoms with E-state index in [1.165, 1.54) is 0 Å². The quantitative estimate of drug-likeness (QED) is 0.654. The van der Waals surface area contributed by atoms with Crippen LogP contribution in [-0.4, -0.2) is 18.4 Å². The monoisotopic (exact) mass is 399 g/mol. The lowest BCUT2D eigenvalue weighted by molar-refractivity contribution is -0.117. The van der Waals surface area contributed by atoms with E-state index < -0.39 is 6.04 Å². The normalized spacial score (nSPS) is 13.5. The van der Waals surface area contributed by atoms with Crippen LogP contribution in [0.25, 0.3) is 0 Å². The molecule has 0 saturated heterocycles. The van der Waals surface area contributed by atoms with Gasteiger partial charge >= 0.3 is 0 Å². The number of nitrogens with one attached hydrogen (secondary N) is 2. The summed E-state index contributed by atoms with van der Waals surface area (Å²) >= 11 is 0. The molecule has 30 heavy (non-hydrogen) atoms. The number of carbonyl (C=O) groups excluding carboxylic acids is 2. The number of aryl methyl sites for hydroxylation is 1. The number of rotatable bonds is 5. The Hall–Kier alpha value is -3.60. The van der Waals surface area contributed by atoms with Crippen LogP contribution >= 0.6 is 0 Å². The summed E-state index contributed by atoms with van der Waals surface area (Å²) < 4.78 is 0. The predicted molar refractivity (Wildman–Crippen MR) is 121 cm³/mol. The van der Waals surface area contributed by atoms with Crippen molar-refractivity contribution in [1.29, 1.82) is 0 Å². The topological polar surface area (TPSA) is 61.4 Å². The molecule has 1 aliphatic rings. The lowest BCUT2D eigenvalue weighted by Crippen LogP contribution is -2.27. The second-order valence-corrected chi connectivity index (χ2v) is 7.61. The van der Waals surface area contributed by atoms with Crippen molar-refractivity contribution in [3.63, 3.8) is 0 Å². The zero-order valence-electron chi connectivity index (χ0n) is 17.2. The van der Waals surface area contributed by atoms with E-state index in [2.05, 4.69) is 10.6 Å². The van der Waals surface area contributed by atoms with E-state index in [4.69, 9.17) is 0 Å². The summed E-state index contributed by atoms with van der Waals surface area (Å²) in [7, 11) is 0. The first-order valence-electron chi connectivity index (χ1n) is 10.1. The van der Waals surface area contributed by atoms with Gasteiger partial charge in [0.15, 0.2) is 0 Å². The van der Waals surface area contributed by atoms with Crippen molar-refractivity contribution < 1.29 is 9.59 Å². The molecular formula is C25H25N3O2. The van der Waals surface area contributed by atoms with Gasteiger partial charge in [-0.2, -0.15) is 0 Å². The van der Waals surface area contributed by atoms with Gasteiger partial charge in [0, 0.05) is 30.5 Å². The number of amides is 2. The van der Waals surface area contributed by atoms with E-state index in [9.17, 15) is 9.59 Å². The average molecular weight is 399 g/mol. The maximum Gasteiger partial charge on any atom is 0.251 e. The van der Waals surface area contributed by atoms with E-state index in [0.29, 0.717) is 6.54 Å². The zero-order valence-corrected chi connectivity index (χ0v) is 17.2. The Morgan fingerprint density at radius 2 is 1.63 bits per heavy atom. The van der Waals surface area contributed by atoms with Crippen LogP contribution in [0.15, 0.2) is 72.8 Å². The van der Waals surface area contributed by atoms with E-state index in [-0.39, 0.29) is 11.8 Å². The summed E-state index contributed by atoms with van der Waals surface area (Å²) in [5.41, 5.74) is 5.71. The van der Waals surface area contributed by atoms with E-state index in [1.807, 2.05) is 79.7 Å². The second kappa shape index (κ2) is 8.41. The number of anilines is 3. The fraction of sp³-hybridized carbons (Fsp3) is 0.200. The van der Waals surface area contributed by atoms with E-state index in [1.54, 1.807) is 11.8 Å². The molecule has 4 rings (SSSR count). The van der Waals surface area contributed by atoms with Gasteiger partial charge < -0.3 is 15.5 Å². The Balaban J connectivity index is 1.59. The van der Waals surface area contributed by atoms with Crippen LogP contribution in [0.1, 0.15) is 29.7 Å². The summed E-state index contributed by atoms with van der Waals surface area (Å²) in [6.45, 7) is 4.30. The van der Waals surface area contributed by atoms with Gasteiger partial charge in [-0.15, -0.1) is 0 Å². The fourth-order valence-electron chi connectivity index (χ4n) is 3.78. The maximum absolute atomic E-state index is 13.2. The Morgan fingerprint density at radius 3 is 2.33 bits per heavy atom. The molecule has 152 valence electrons. The highest BCUT2D eigenvalue weighted by Gasteiger charge is 2.24. The summed E-state index contributed by atoms with van der Waals surface area (Å²) in [5, 5.41) is 6.39. The first-order valence-corrected chi connectivity index (χ1v) is 10.1. The summed E-state index contributed by atoms with van der Waals surface area (Å²) in [5.74, 6) is -0.0787. The second-order valence-electron chi connectivity index (χ2n) is 7.61. The van der Waals surface area contributed by atoms with Crippen molar-refractivity contribution >= 4 is 28.9 Å². The van der Waals surface area contributed by atoms with Crippen molar-refractivity contribution in [2.24, 2.45) is 0 Å². The molecule has 1 heterocycles. The van der Waals surface area contributed by atoms with Gasteiger partial charge in [0.2, 0.25) is 5.91 Å². The van der Waals surface area contributed by atoms with Crippen LogP contribution in [0, 0.1) is 6.92 Å². The molecular weight excluding hydrogens is 374 g/mol. The Kier molecular flexibility index (Phi) is 5.53. The number of fused-ring (bicyclic) bond motifs is 1. The van der Waals surface area contributed by atoms with Crippen molar-refractivity contribution in [3.05, 3.63) is 89.5 Å². The van der Waals surface area contributed by atoms with Gasteiger partial charge in [0.05, 0.1) is 0 Å². The van der Waals surface area contributed by atoms with Crippen LogP contribution in [-0.2, 0) is 16.0 Å². The molecule has 1 atom stereocenters. The standard InChI is InChI=1S/C25H25N3O2/c1-17-8-10-21(11-9-17)27-25(30)24(19-6-4-3-5-7-19)26-22-12-13-23-20(16-22)14-15-28(23)18(2)29/h3-13,16,24,26H,14-15H2,1-2H3,(H,27,30). The van der Waals surface area contributed by atoms with Crippen molar-refractivity contribution in [3.8, 4) is 0 Å². The largest absolute Gasteiger partial charge is 0.370 e. The summed E-state index contributed by atoms with van der Waals surface area (Å²) in [6, 6.07) is 22.8. The third-order valence-electron chi connectivity index (χ3n) is 5.38. The highest BCUT2D eigenvalue weighted by atomic mass is 16.2. The molecule has 2 amide bonds. The third-order valence-corrected chi connectivity index (χ3v) is 5.38. The summed E-state index contributed by atoms with van der Waals surface area (Å²) in [4.78, 5) is 26.7. The fourth-order valence-corrected chi connectivity index (χ4v) is 3.78. The van der Waals surface area contributed by atoms with Gasteiger partial charge in [-0.25, -0.2) is 0 Å². The number of nitrogens with zero attached hydrogens (tertiary/aromatic N) is 1. The number of hydrogen-bond acceptors (Lipinski definition) is 3. The van der Waals surface area contributed by atoms with Gasteiger partial charge in [-0.05, 0) is 54.8 Å². The van der Waals surface area contributed by atoms with Crippen molar-refractivity contribution in [2.45, 2.75) is 26.3 Å². The molecule has 3 aromatic carbocycles. The molecule has 0 bridgehead atoms. The minimum absolute atomic E-state index is 0.0501. The summed E-state index contributed by atoms with van der Waals surface area (Å²) in [6.07, 6.45) is 0.815. The van der Waals surface area contributed by atoms with Crippen molar-refractivity contribution in [2.75, 3.05) is 22.1 Å². The molecule has 0 saturated carbocycles. The van der Waals surface area contributed by atoms with Crippen LogP contribution in [0.4, 0.5) is 17.1 Å². The molecule has 5 heteroatoms. The van der Waals surface area contributed by atoms with E-state index >= 15 is 0 Å². The van der Waals surface area contributed by atoms with Gasteiger partial charge in [0.25, 0.3) is 5.91 Å².